The average molecular weight is 274 g/mol. The molecule has 1 aromatic rings. The SMILES string of the molecule is NNc1cccc(NC2C3C4CCC(C4)C23)c1[N+](=O)[O-]. The van der Waals surface area contributed by atoms with Crippen LogP contribution in [-0.4, -0.2) is 11.0 Å². The molecule has 6 heteroatoms. The predicted molar refractivity (Wildman–Crippen MR) is 76.1 cm³/mol. The van der Waals surface area contributed by atoms with Crippen LogP contribution in [0.2, 0.25) is 0 Å². The van der Waals surface area contributed by atoms with Crippen LogP contribution in [0.4, 0.5) is 17.1 Å². The maximum Gasteiger partial charge on any atom is 0.316 e. The van der Waals surface area contributed by atoms with Crippen LogP contribution in [0.1, 0.15) is 19.3 Å². The standard InChI is InChI=1S/C14H18N4O2/c15-17-10-3-1-2-9(14(10)18(19)20)16-13-11-7-4-5-8(6-7)12(11)13/h1-3,7-8,11-13,16-17H,4-6,15H2. The Morgan fingerprint density at radius 1 is 1.20 bits per heavy atom. The first-order valence-corrected chi connectivity index (χ1v) is 7.21. The second kappa shape index (κ2) is 4.09. The van der Waals surface area contributed by atoms with Crippen LogP contribution in [0.5, 0.6) is 0 Å². The number of nitro benzene ring substituents is 1. The summed E-state index contributed by atoms with van der Waals surface area (Å²) in [6.07, 6.45) is 4.06. The summed E-state index contributed by atoms with van der Waals surface area (Å²) < 4.78 is 0. The Labute approximate surface area is 116 Å². The molecule has 1 aromatic carbocycles. The lowest BCUT2D eigenvalue weighted by atomic mass is 10.0. The second-order valence-corrected chi connectivity index (χ2v) is 6.26. The molecule has 4 N–H and O–H groups in total. The van der Waals surface area contributed by atoms with Crippen LogP contribution in [0.25, 0.3) is 0 Å². The van der Waals surface area contributed by atoms with E-state index in [1.807, 2.05) is 0 Å². The monoisotopic (exact) mass is 274 g/mol. The number of anilines is 2. The van der Waals surface area contributed by atoms with Crippen molar-refractivity contribution in [3.8, 4) is 0 Å². The third-order valence-electron chi connectivity index (χ3n) is 5.43. The van der Waals surface area contributed by atoms with Gasteiger partial charge in [-0.05, 0) is 55.1 Å². The number of nitrogens with two attached hydrogens (primary N) is 1. The number of nitrogens with zero attached hydrogens (tertiary/aromatic N) is 1. The summed E-state index contributed by atoms with van der Waals surface area (Å²) in [5, 5.41) is 14.7. The van der Waals surface area contributed by atoms with Gasteiger partial charge in [-0.15, -0.1) is 0 Å². The van der Waals surface area contributed by atoms with E-state index in [0.717, 1.165) is 23.7 Å². The van der Waals surface area contributed by atoms with Crippen LogP contribution in [0.15, 0.2) is 18.2 Å². The average Bonchev–Trinajstić information content (AvgIpc) is 2.84. The zero-order chi connectivity index (χ0) is 13.9. The Balaban J connectivity index is 1.60. The minimum absolute atomic E-state index is 0.0484. The molecule has 0 amide bonds. The highest BCUT2D eigenvalue weighted by Gasteiger charge is 2.65. The first-order valence-electron chi connectivity index (χ1n) is 7.21. The van der Waals surface area contributed by atoms with Crippen molar-refractivity contribution < 1.29 is 4.92 Å². The first kappa shape index (κ1) is 12.0. The molecule has 106 valence electrons. The summed E-state index contributed by atoms with van der Waals surface area (Å²) in [6, 6.07) is 5.61. The normalized spacial score (nSPS) is 36.5. The van der Waals surface area contributed by atoms with E-state index in [0.29, 0.717) is 17.4 Å². The molecule has 4 unspecified atom stereocenters. The molecular weight excluding hydrogens is 256 g/mol. The van der Waals surface area contributed by atoms with Crippen molar-refractivity contribution >= 4 is 17.1 Å². The van der Waals surface area contributed by atoms with Gasteiger partial charge in [0.2, 0.25) is 0 Å². The third kappa shape index (κ3) is 1.54. The minimum Gasteiger partial charge on any atom is -0.376 e. The number of fused-ring (bicyclic) bond motifs is 5. The van der Waals surface area contributed by atoms with Crippen LogP contribution in [0, 0.1) is 33.8 Å². The lowest BCUT2D eigenvalue weighted by Crippen LogP contribution is -2.15. The zero-order valence-electron chi connectivity index (χ0n) is 11.1. The summed E-state index contributed by atoms with van der Waals surface area (Å²) in [6.45, 7) is 0. The molecule has 4 atom stereocenters. The van der Waals surface area contributed by atoms with Gasteiger partial charge in [-0.25, -0.2) is 0 Å². The highest BCUT2D eigenvalue weighted by atomic mass is 16.6. The highest BCUT2D eigenvalue weighted by molar-refractivity contribution is 5.76. The van der Waals surface area contributed by atoms with Gasteiger partial charge in [0.25, 0.3) is 0 Å². The van der Waals surface area contributed by atoms with Crippen molar-refractivity contribution in [2.24, 2.45) is 29.5 Å². The van der Waals surface area contributed by atoms with Crippen LogP contribution in [-0.2, 0) is 0 Å². The van der Waals surface area contributed by atoms with Crippen molar-refractivity contribution in [2.75, 3.05) is 10.7 Å². The van der Waals surface area contributed by atoms with E-state index in [9.17, 15) is 10.1 Å². The third-order valence-corrected chi connectivity index (χ3v) is 5.43. The maximum absolute atomic E-state index is 11.3. The fourth-order valence-electron chi connectivity index (χ4n) is 4.67. The lowest BCUT2D eigenvalue weighted by molar-refractivity contribution is -0.383. The van der Waals surface area contributed by atoms with E-state index in [-0.39, 0.29) is 10.6 Å². The van der Waals surface area contributed by atoms with Gasteiger partial charge in [-0.2, -0.15) is 0 Å². The molecule has 20 heavy (non-hydrogen) atoms. The zero-order valence-corrected chi connectivity index (χ0v) is 11.1. The molecule has 0 radical (unpaired) electrons. The summed E-state index contributed by atoms with van der Waals surface area (Å²) in [7, 11) is 0. The highest BCUT2D eigenvalue weighted by Crippen LogP contribution is 2.66. The van der Waals surface area contributed by atoms with Gasteiger partial charge in [-0.3, -0.25) is 16.0 Å². The summed E-state index contributed by atoms with van der Waals surface area (Å²) in [5.74, 6) is 8.53. The number of nitrogens with one attached hydrogen (secondary N) is 2. The number of hydrazine groups is 1. The quantitative estimate of drug-likeness (QED) is 0.445. The molecule has 3 aliphatic rings. The molecule has 0 heterocycles. The van der Waals surface area contributed by atoms with Gasteiger partial charge in [0.05, 0.1) is 4.92 Å². The summed E-state index contributed by atoms with van der Waals surface area (Å²) in [5.41, 5.74) is 3.40. The Morgan fingerprint density at radius 3 is 2.45 bits per heavy atom. The van der Waals surface area contributed by atoms with E-state index in [1.54, 1.807) is 18.2 Å². The Bertz CT molecular complexity index is 560. The molecule has 2 bridgehead atoms. The molecular formula is C14H18N4O2. The number of hydrogen-bond acceptors (Lipinski definition) is 5. The number of rotatable bonds is 4. The molecule has 6 nitrogen and oxygen atoms in total. The van der Waals surface area contributed by atoms with Crippen LogP contribution >= 0.6 is 0 Å². The van der Waals surface area contributed by atoms with Crippen molar-refractivity contribution in [3.05, 3.63) is 28.3 Å². The van der Waals surface area contributed by atoms with E-state index >= 15 is 0 Å². The van der Waals surface area contributed by atoms with Crippen molar-refractivity contribution in [3.63, 3.8) is 0 Å². The smallest absolute Gasteiger partial charge is 0.316 e. The molecule has 3 aliphatic carbocycles. The summed E-state index contributed by atoms with van der Waals surface area (Å²) in [4.78, 5) is 10.9. The van der Waals surface area contributed by atoms with Gasteiger partial charge in [-0.1, -0.05) is 6.07 Å². The Morgan fingerprint density at radius 2 is 1.85 bits per heavy atom. The van der Waals surface area contributed by atoms with Crippen LogP contribution in [0.3, 0.4) is 0 Å². The first-order chi connectivity index (χ1) is 9.70. The minimum atomic E-state index is -0.371. The fraction of sp³-hybridized carbons (Fsp3) is 0.571. The molecule has 3 fully saturated rings. The van der Waals surface area contributed by atoms with E-state index < -0.39 is 0 Å². The van der Waals surface area contributed by atoms with Gasteiger partial charge >= 0.3 is 5.69 Å². The van der Waals surface area contributed by atoms with Gasteiger partial charge in [0, 0.05) is 6.04 Å². The maximum atomic E-state index is 11.3. The number of benzene rings is 1. The molecule has 0 saturated heterocycles. The molecule has 3 saturated carbocycles. The van der Waals surface area contributed by atoms with E-state index in [2.05, 4.69) is 10.7 Å². The van der Waals surface area contributed by atoms with E-state index in [1.165, 1.54) is 19.3 Å². The number of hydrogen-bond donors (Lipinski definition) is 3. The lowest BCUT2D eigenvalue weighted by Gasteiger charge is -2.13. The molecule has 0 aliphatic heterocycles. The number of nitro groups is 1. The van der Waals surface area contributed by atoms with Gasteiger partial charge in [0.1, 0.15) is 11.4 Å². The van der Waals surface area contributed by atoms with Crippen LogP contribution < -0.4 is 16.6 Å². The predicted octanol–water partition coefficient (Wildman–Crippen LogP) is 2.34. The van der Waals surface area contributed by atoms with E-state index in [4.69, 9.17) is 5.84 Å². The number of para-hydroxylation sites is 1. The van der Waals surface area contributed by atoms with Crippen molar-refractivity contribution in [1.29, 1.82) is 0 Å². The molecule has 0 spiro atoms. The molecule has 4 rings (SSSR count). The topological polar surface area (TPSA) is 93.2 Å². The largest absolute Gasteiger partial charge is 0.376 e. The van der Waals surface area contributed by atoms with Crippen molar-refractivity contribution in [2.45, 2.75) is 25.3 Å². The summed E-state index contributed by atoms with van der Waals surface area (Å²) >= 11 is 0. The number of nitrogen functional groups attached to an aromatic ring is 1. The Kier molecular flexibility index (Phi) is 2.44. The van der Waals surface area contributed by atoms with Gasteiger partial charge in [0.15, 0.2) is 0 Å². The molecule has 0 aromatic heterocycles. The van der Waals surface area contributed by atoms with Gasteiger partial charge < -0.3 is 10.7 Å². The fourth-order valence-corrected chi connectivity index (χ4v) is 4.67. The van der Waals surface area contributed by atoms with Crippen molar-refractivity contribution in [1.82, 2.24) is 0 Å². The Hall–Kier alpha value is -1.82. The second-order valence-electron chi connectivity index (χ2n) is 6.26.